The van der Waals surface area contributed by atoms with Crippen molar-refractivity contribution in [1.82, 2.24) is 25.4 Å². The van der Waals surface area contributed by atoms with Crippen LogP contribution in [-0.2, 0) is 28.7 Å². The number of thioether (sulfide) groups is 1. The summed E-state index contributed by atoms with van der Waals surface area (Å²) in [6.45, 7) is 4.30. The number of esters is 2. The molecule has 4 heterocycles. The Morgan fingerprint density at radius 1 is 1.27 bits per heavy atom. The zero-order valence-electron chi connectivity index (χ0n) is 22.1. The number of anilines is 2. The molecule has 41 heavy (non-hydrogen) atoms. The number of allylic oxidation sites excluding steroid dienone is 1. The van der Waals surface area contributed by atoms with E-state index in [0.717, 1.165) is 23.1 Å². The van der Waals surface area contributed by atoms with E-state index in [2.05, 4.69) is 31.0 Å². The molecule has 2 amide bonds. The molecule has 19 heteroatoms. The largest absolute Gasteiger partial charge is 0.427 e. The number of rotatable bonds is 9. The van der Waals surface area contributed by atoms with Gasteiger partial charge in [0, 0.05) is 12.0 Å². The molecule has 0 radical (unpaired) electrons. The van der Waals surface area contributed by atoms with Gasteiger partial charge in [0.05, 0.1) is 11.5 Å². The zero-order chi connectivity index (χ0) is 30.1. The van der Waals surface area contributed by atoms with E-state index in [1.54, 1.807) is 27.8 Å². The maximum absolute atomic E-state index is 13.3. The predicted molar refractivity (Wildman–Crippen MR) is 151 cm³/mol. The Hall–Kier alpha value is -3.48. The van der Waals surface area contributed by atoms with Crippen molar-refractivity contribution >= 4 is 85.8 Å². The molecule has 0 saturated carbocycles. The fraction of sp³-hybridized carbons (Fsp3) is 0.455. The van der Waals surface area contributed by atoms with Crippen LogP contribution in [0.1, 0.15) is 39.3 Å². The van der Waals surface area contributed by atoms with Crippen LogP contribution < -0.4 is 16.4 Å². The average molecular weight is 645 g/mol. The van der Waals surface area contributed by atoms with E-state index < -0.39 is 53.8 Å². The van der Waals surface area contributed by atoms with Crippen LogP contribution in [0.4, 0.5) is 10.3 Å². The van der Waals surface area contributed by atoms with Crippen LogP contribution in [0.2, 0.25) is 4.34 Å². The Balaban J connectivity index is 1.54. The number of nitrogens with zero attached hydrogens (tertiary/aromatic N) is 5. The van der Waals surface area contributed by atoms with Gasteiger partial charge in [-0.25, -0.2) is 9.78 Å². The fourth-order valence-corrected chi connectivity index (χ4v) is 6.72. The van der Waals surface area contributed by atoms with Crippen molar-refractivity contribution in [2.24, 2.45) is 10.6 Å². The third kappa shape index (κ3) is 6.39. The van der Waals surface area contributed by atoms with Crippen molar-refractivity contribution < 1.29 is 33.9 Å². The maximum atomic E-state index is 13.3. The summed E-state index contributed by atoms with van der Waals surface area (Å²) in [7, 11) is 1.69. The molecular weight excluding hydrogens is 620 g/mol. The number of fused-ring (bicyclic) bond motifs is 1. The number of carbonyl (C=O) groups is 4. The summed E-state index contributed by atoms with van der Waals surface area (Å²) in [5.74, 6) is -2.98. The van der Waals surface area contributed by atoms with E-state index >= 15 is 0 Å². The van der Waals surface area contributed by atoms with Gasteiger partial charge in [-0.3, -0.25) is 19.3 Å². The van der Waals surface area contributed by atoms with E-state index in [1.807, 2.05) is 0 Å². The highest BCUT2D eigenvalue weighted by molar-refractivity contribution is 8.04. The number of β-lactam (4-membered cyclic amide) rings is 1. The van der Waals surface area contributed by atoms with Gasteiger partial charge in [0.25, 0.3) is 11.8 Å². The number of aromatic nitrogens is 3. The highest BCUT2D eigenvalue weighted by Gasteiger charge is 2.54. The summed E-state index contributed by atoms with van der Waals surface area (Å²) in [5, 5.41) is 26.5. The number of halogens is 1. The third-order valence-corrected chi connectivity index (χ3v) is 9.06. The second-order valence-electron chi connectivity index (χ2n) is 9.62. The van der Waals surface area contributed by atoms with Crippen molar-refractivity contribution in [1.29, 1.82) is 0 Å². The zero-order valence-corrected chi connectivity index (χ0v) is 25.3. The van der Waals surface area contributed by atoms with E-state index in [4.69, 9.17) is 26.8 Å². The molecule has 5 N–H and O–H groups in total. The second kappa shape index (κ2) is 12.2. The van der Waals surface area contributed by atoms with Crippen molar-refractivity contribution in [2.75, 3.05) is 24.9 Å². The molecule has 0 unspecified atom stereocenters. The number of nitrogen functional groups attached to an aromatic ring is 1. The summed E-state index contributed by atoms with van der Waals surface area (Å²) in [6.07, 6.45) is 0.712. The molecule has 220 valence electrons. The monoisotopic (exact) mass is 644 g/mol. The Bertz CT molecular complexity index is 1450. The van der Waals surface area contributed by atoms with Crippen molar-refractivity contribution in [2.45, 2.75) is 50.0 Å². The first-order chi connectivity index (χ1) is 19.3. The first-order valence-electron chi connectivity index (χ1n) is 11.9. The standard InChI is InChI=1S/C22H25ClN8O7S3/c1-22(2,3)18(35)38-7-37-17(34)13-9(39-21-29-28-20(25-4)41-21)6-5-8-10(16(33)31(8)13)26-15(32)12(30-36)11-14(23)40-19(24)27-11/h8,10,36H,5-7H2,1-4H3,(H2,24,27)(H,25,28)(H,26,32)/b30-12-/t8-,10+/m1/s1. The predicted octanol–water partition coefficient (Wildman–Crippen LogP) is 2.03. The molecule has 2 aromatic heterocycles. The smallest absolute Gasteiger partial charge is 0.358 e. The summed E-state index contributed by atoms with van der Waals surface area (Å²) in [6, 6.07) is -1.66. The topological polar surface area (TPSA) is 211 Å². The molecule has 4 rings (SSSR count). The lowest BCUT2D eigenvalue weighted by Gasteiger charge is -2.50. The molecule has 0 bridgehead atoms. The number of amides is 2. The van der Waals surface area contributed by atoms with E-state index in [0.29, 0.717) is 27.2 Å². The van der Waals surface area contributed by atoms with Gasteiger partial charge in [0.15, 0.2) is 15.2 Å². The molecule has 15 nitrogen and oxygen atoms in total. The van der Waals surface area contributed by atoms with Gasteiger partial charge in [-0.1, -0.05) is 51.2 Å². The molecule has 1 fully saturated rings. The molecular formula is C22H25ClN8O7S3. The second-order valence-corrected chi connectivity index (χ2v) is 13.6. The summed E-state index contributed by atoms with van der Waals surface area (Å²) < 4.78 is 10.8. The van der Waals surface area contributed by atoms with Crippen LogP contribution in [-0.4, -0.2) is 80.7 Å². The quantitative estimate of drug-likeness (QED) is 0.0769. The van der Waals surface area contributed by atoms with Crippen molar-refractivity contribution in [3.63, 3.8) is 0 Å². The Morgan fingerprint density at radius 2 is 2.00 bits per heavy atom. The van der Waals surface area contributed by atoms with Crippen LogP contribution in [0, 0.1) is 5.41 Å². The van der Waals surface area contributed by atoms with Crippen LogP contribution in [0.5, 0.6) is 0 Å². The lowest BCUT2D eigenvalue weighted by Crippen LogP contribution is -2.72. The van der Waals surface area contributed by atoms with E-state index in [-0.39, 0.29) is 20.9 Å². The summed E-state index contributed by atoms with van der Waals surface area (Å²) in [5.41, 5.74) is 4.10. The highest BCUT2D eigenvalue weighted by atomic mass is 35.5. The lowest BCUT2D eigenvalue weighted by molar-refractivity contribution is -0.174. The van der Waals surface area contributed by atoms with Crippen molar-refractivity contribution in [3.8, 4) is 0 Å². The number of nitrogens with two attached hydrogens (primary N) is 1. The lowest BCUT2D eigenvalue weighted by atomic mass is 9.86. The minimum absolute atomic E-state index is 0.0320. The van der Waals surface area contributed by atoms with Gasteiger partial charge in [0.1, 0.15) is 21.8 Å². The van der Waals surface area contributed by atoms with Gasteiger partial charge < -0.3 is 31.0 Å². The number of thiazole rings is 1. The molecule has 0 spiro atoms. The van der Waals surface area contributed by atoms with Gasteiger partial charge >= 0.3 is 11.9 Å². The van der Waals surface area contributed by atoms with E-state index in [9.17, 15) is 24.4 Å². The van der Waals surface area contributed by atoms with Gasteiger partial charge in [0.2, 0.25) is 11.9 Å². The molecule has 2 aliphatic rings. The van der Waals surface area contributed by atoms with Gasteiger partial charge in [-0.2, -0.15) is 0 Å². The summed E-state index contributed by atoms with van der Waals surface area (Å²) >= 11 is 9.34. The maximum Gasteiger partial charge on any atom is 0.358 e. The molecule has 2 atom stereocenters. The Morgan fingerprint density at radius 3 is 2.59 bits per heavy atom. The average Bonchev–Trinajstić information content (AvgIpc) is 3.51. The molecule has 2 aliphatic heterocycles. The number of nitrogens with one attached hydrogen (secondary N) is 2. The number of ether oxygens (including phenoxy) is 2. The van der Waals surface area contributed by atoms with Crippen LogP contribution in [0.3, 0.4) is 0 Å². The Labute approximate surface area is 250 Å². The first-order valence-corrected chi connectivity index (χ1v) is 14.7. The SMILES string of the molecule is CNc1nnc(SC2=C(C(=O)OCOC(=O)C(C)(C)C)N3C(=O)[C@@H](NC(=O)/C(=N\O)c4nc(N)sc4Cl)[C@H]3CC2)s1. The van der Waals surface area contributed by atoms with E-state index in [1.165, 1.54) is 16.2 Å². The molecule has 0 aliphatic carbocycles. The molecule has 2 aromatic rings. The fourth-order valence-electron chi connectivity index (χ4n) is 3.87. The van der Waals surface area contributed by atoms with Crippen LogP contribution in [0.25, 0.3) is 0 Å². The Kier molecular flexibility index (Phi) is 9.05. The third-order valence-electron chi connectivity index (χ3n) is 5.84. The van der Waals surface area contributed by atoms with Gasteiger partial charge in [-0.15, -0.1) is 10.2 Å². The first kappa shape index (κ1) is 30.5. The minimum Gasteiger partial charge on any atom is -0.427 e. The molecule has 1 saturated heterocycles. The number of carbonyl (C=O) groups excluding carboxylic acids is 4. The van der Waals surface area contributed by atoms with Gasteiger partial charge in [-0.05, 0) is 33.6 Å². The number of hydrogen-bond donors (Lipinski definition) is 4. The number of oxime groups is 1. The van der Waals surface area contributed by atoms with Crippen LogP contribution >= 0.6 is 46.0 Å². The highest BCUT2D eigenvalue weighted by Crippen LogP contribution is 2.44. The normalized spacial score (nSPS) is 18.9. The number of hydrogen-bond acceptors (Lipinski definition) is 16. The van der Waals surface area contributed by atoms with Crippen LogP contribution in [0.15, 0.2) is 20.1 Å². The van der Waals surface area contributed by atoms with Crippen molar-refractivity contribution in [3.05, 3.63) is 20.6 Å². The summed E-state index contributed by atoms with van der Waals surface area (Å²) in [4.78, 5) is 57.2. The minimum atomic E-state index is -1.04. The molecule has 0 aromatic carbocycles.